The number of aliphatic hydroxyl groups is 1. The summed E-state index contributed by atoms with van der Waals surface area (Å²) in [6, 6.07) is 0. The highest BCUT2D eigenvalue weighted by atomic mass is 16.3. The van der Waals surface area contributed by atoms with Crippen LogP contribution in [0.25, 0.3) is 11.2 Å². The van der Waals surface area contributed by atoms with E-state index in [4.69, 9.17) is 5.84 Å². The molecule has 0 spiro atoms. The molecule has 2 aromatic heterocycles. The molecular formula is C10H11N5O. The van der Waals surface area contributed by atoms with Crippen LogP contribution in [0.2, 0.25) is 0 Å². The molecule has 1 aliphatic carbocycles. The molecule has 0 amide bonds. The lowest BCUT2D eigenvalue weighted by Crippen LogP contribution is -2.28. The summed E-state index contributed by atoms with van der Waals surface area (Å²) in [6.07, 6.45) is 4.43. The first-order valence-corrected chi connectivity index (χ1v) is 4.98. The van der Waals surface area contributed by atoms with Crippen molar-refractivity contribution in [2.45, 2.75) is 18.9 Å². The predicted molar refractivity (Wildman–Crippen MR) is 58.0 cm³/mol. The lowest BCUT2D eigenvalue weighted by molar-refractivity contribution is 0.171. The molecule has 2 unspecified atom stereocenters. The van der Waals surface area contributed by atoms with Crippen LogP contribution in [0.1, 0.15) is 18.5 Å². The van der Waals surface area contributed by atoms with E-state index in [0.29, 0.717) is 11.2 Å². The number of nitrogens with two attached hydrogens (primary N) is 1. The van der Waals surface area contributed by atoms with Gasteiger partial charge in [0, 0.05) is 0 Å². The number of nitrogens with zero attached hydrogens (tertiary/aromatic N) is 4. The number of fused-ring (bicyclic) bond motifs is 1. The Labute approximate surface area is 91.4 Å². The molecule has 2 heterocycles. The molecule has 0 radical (unpaired) electrons. The molecule has 82 valence electrons. The number of imidazole rings is 1. The van der Waals surface area contributed by atoms with Gasteiger partial charge in [0.15, 0.2) is 5.65 Å². The van der Waals surface area contributed by atoms with Gasteiger partial charge in [-0.05, 0) is 12.5 Å². The van der Waals surface area contributed by atoms with Crippen molar-refractivity contribution in [2.75, 3.05) is 5.84 Å². The maximum absolute atomic E-state index is 9.80. The Balaban J connectivity index is 2.18. The van der Waals surface area contributed by atoms with Crippen LogP contribution in [-0.4, -0.2) is 30.8 Å². The van der Waals surface area contributed by atoms with Gasteiger partial charge in [0.05, 0.1) is 17.7 Å². The molecule has 0 aliphatic heterocycles. The Bertz CT molecular complexity index is 588. The molecule has 2 atom stereocenters. The van der Waals surface area contributed by atoms with Crippen molar-refractivity contribution >= 4 is 11.2 Å². The number of hydrogen-bond donors (Lipinski definition) is 2. The number of nitrogen functional groups attached to an aromatic ring is 1. The zero-order chi connectivity index (χ0) is 11.3. The van der Waals surface area contributed by atoms with E-state index < -0.39 is 6.10 Å². The van der Waals surface area contributed by atoms with Gasteiger partial charge in [-0.25, -0.2) is 19.6 Å². The largest absolute Gasteiger partial charge is 0.388 e. The first kappa shape index (κ1) is 9.29. The average molecular weight is 217 g/mol. The van der Waals surface area contributed by atoms with Gasteiger partial charge in [0.2, 0.25) is 0 Å². The summed E-state index contributed by atoms with van der Waals surface area (Å²) in [7, 11) is 0. The number of rotatable bonds is 1. The molecule has 6 nitrogen and oxygen atoms in total. The highest BCUT2D eigenvalue weighted by molar-refractivity contribution is 5.74. The SMILES string of the molecule is CC1=CC(c2ncnc3c2ncn3N)C1O. The molecule has 1 aliphatic rings. The summed E-state index contributed by atoms with van der Waals surface area (Å²) in [4.78, 5) is 12.4. The second-order valence-electron chi connectivity index (χ2n) is 3.96. The third kappa shape index (κ3) is 1.07. The van der Waals surface area contributed by atoms with Gasteiger partial charge >= 0.3 is 0 Å². The molecule has 0 saturated heterocycles. The topological polar surface area (TPSA) is 89.9 Å². The Morgan fingerprint density at radius 2 is 2.19 bits per heavy atom. The minimum absolute atomic E-state index is 0.0969. The van der Waals surface area contributed by atoms with Crippen LogP contribution in [0.3, 0.4) is 0 Å². The first-order chi connectivity index (χ1) is 7.68. The van der Waals surface area contributed by atoms with Gasteiger partial charge in [-0.2, -0.15) is 0 Å². The molecule has 2 aromatic rings. The second kappa shape index (κ2) is 3.02. The monoisotopic (exact) mass is 217 g/mol. The summed E-state index contributed by atoms with van der Waals surface area (Å²) in [5.74, 6) is 5.56. The fourth-order valence-electron chi connectivity index (χ4n) is 1.98. The van der Waals surface area contributed by atoms with Crippen LogP contribution in [0.4, 0.5) is 0 Å². The maximum atomic E-state index is 9.80. The van der Waals surface area contributed by atoms with E-state index >= 15 is 0 Å². The normalized spacial score (nSPS) is 24.2. The second-order valence-corrected chi connectivity index (χ2v) is 3.96. The fourth-order valence-corrected chi connectivity index (χ4v) is 1.98. The Kier molecular flexibility index (Phi) is 1.75. The van der Waals surface area contributed by atoms with Gasteiger partial charge < -0.3 is 10.9 Å². The van der Waals surface area contributed by atoms with E-state index in [1.165, 1.54) is 17.3 Å². The summed E-state index contributed by atoms with van der Waals surface area (Å²) >= 11 is 0. The zero-order valence-corrected chi connectivity index (χ0v) is 8.70. The van der Waals surface area contributed by atoms with Crippen molar-refractivity contribution < 1.29 is 5.11 Å². The molecule has 0 fully saturated rings. The standard InChI is InChI=1S/C10H11N5O/c1-5-2-6(9(5)16)7-8-10(13-3-12-7)15(11)4-14-8/h2-4,6,9,16H,11H2,1H3. The van der Waals surface area contributed by atoms with E-state index in [1.54, 1.807) is 0 Å². The minimum Gasteiger partial charge on any atom is -0.388 e. The average Bonchev–Trinajstić information content (AvgIpc) is 2.68. The van der Waals surface area contributed by atoms with Crippen molar-refractivity contribution in [3.63, 3.8) is 0 Å². The summed E-state index contributed by atoms with van der Waals surface area (Å²) < 4.78 is 1.35. The molecule has 6 heteroatoms. The van der Waals surface area contributed by atoms with Crippen molar-refractivity contribution in [2.24, 2.45) is 0 Å². The summed E-state index contributed by atoms with van der Waals surface area (Å²) in [5, 5.41) is 9.80. The fraction of sp³-hybridized carbons (Fsp3) is 0.300. The van der Waals surface area contributed by atoms with Crippen molar-refractivity contribution in [3.8, 4) is 0 Å². The number of aliphatic hydroxyl groups excluding tert-OH is 1. The molecule has 0 bridgehead atoms. The molecule has 16 heavy (non-hydrogen) atoms. The summed E-state index contributed by atoms with van der Waals surface area (Å²) in [5.41, 5.74) is 2.92. The third-order valence-corrected chi connectivity index (χ3v) is 2.95. The number of aromatic nitrogens is 4. The lowest BCUT2D eigenvalue weighted by Gasteiger charge is -2.29. The van der Waals surface area contributed by atoms with E-state index in [0.717, 1.165) is 11.3 Å². The highest BCUT2D eigenvalue weighted by Gasteiger charge is 2.32. The predicted octanol–water partition coefficient (Wildman–Crippen LogP) is -0.0555. The third-order valence-electron chi connectivity index (χ3n) is 2.95. The van der Waals surface area contributed by atoms with Crippen molar-refractivity contribution in [3.05, 3.63) is 30.0 Å². The minimum atomic E-state index is -0.471. The van der Waals surface area contributed by atoms with Crippen LogP contribution >= 0.6 is 0 Å². The van der Waals surface area contributed by atoms with Gasteiger partial charge in [-0.1, -0.05) is 6.08 Å². The van der Waals surface area contributed by atoms with E-state index in [-0.39, 0.29) is 5.92 Å². The van der Waals surface area contributed by atoms with Crippen LogP contribution in [-0.2, 0) is 0 Å². The van der Waals surface area contributed by atoms with Gasteiger partial charge in [0.1, 0.15) is 18.2 Å². The number of hydrogen-bond acceptors (Lipinski definition) is 5. The Morgan fingerprint density at radius 1 is 1.38 bits per heavy atom. The zero-order valence-electron chi connectivity index (χ0n) is 8.70. The van der Waals surface area contributed by atoms with Gasteiger partial charge in [0.25, 0.3) is 0 Å². The smallest absolute Gasteiger partial charge is 0.182 e. The van der Waals surface area contributed by atoms with Crippen molar-refractivity contribution in [1.29, 1.82) is 0 Å². The van der Waals surface area contributed by atoms with Crippen LogP contribution in [0, 0.1) is 0 Å². The molecular weight excluding hydrogens is 206 g/mol. The quantitative estimate of drug-likeness (QED) is 0.516. The maximum Gasteiger partial charge on any atom is 0.182 e. The van der Waals surface area contributed by atoms with Crippen LogP contribution < -0.4 is 5.84 Å². The summed E-state index contributed by atoms with van der Waals surface area (Å²) in [6.45, 7) is 1.89. The molecule has 0 saturated carbocycles. The Morgan fingerprint density at radius 3 is 2.88 bits per heavy atom. The molecule has 3 rings (SSSR count). The highest BCUT2D eigenvalue weighted by Crippen LogP contribution is 2.36. The van der Waals surface area contributed by atoms with Crippen LogP contribution in [0.5, 0.6) is 0 Å². The van der Waals surface area contributed by atoms with Gasteiger partial charge in [-0.15, -0.1) is 0 Å². The Hall–Kier alpha value is -1.95. The molecule has 0 aromatic carbocycles. The molecule has 3 N–H and O–H groups in total. The lowest BCUT2D eigenvalue weighted by atomic mass is 9.81. The van der Waals surface area contributed by atoms with E-state index in [1.807, 2.05) is 13.0 Å². The van der Waals surface area contributed by atoms with Crippen LogP contribution in [0.15, 0.2) is 24.3 Å². The first-order valence-electron chi connectivity index (χ1n) is 4.98. The van der Waals surface area contributed by atoms with Crippen molar-refractivity contribution in [1.82, 2.24) is 19.6 Å². The van der Waals surface area contributed by atoms with E-state index in [9.17, 15) is 5.11 Å². The van der Waals surface area contributed by atoms with Gasteiger partial charge in [-0.3, -0.25) is 0 Å². The van der Waals surface area contributed by atoms with E-state index in [2.05, 4.69) is 15.0 Å².